The number of alkyl carbamates (subject to hydrolysis) is 1. The predicted molar refractivity (Wildman–Crippen MR) is 121 cm³/mol. The number of aliphatic hydroxyl groups excluding tert-OH is 1. The van der Waals surface area contributed by atoms with Gasteiger partial charge in [0.1, 0.15) is 6.61 Å². The highest BCUT2D eigenvalue weighted by molar-refractivity contribution is 5.86. The molecule has 8 nitrogen and oxygen atoms in total. The summed E-state index contributed by atoms with van der Waals surface area (Å²) in [5.74, 6) is -2.44. The first-order chi connectivity index (χ1) is 15.9. The number of aliphatic hydroxyl groups is 1. The molecule has 0 aliphatic heterocycles. The van der Waals surface area contributed by atoms with Crippen LogP contribution in [-0.2, 0) is 14.3 Å². The van der Waals surface area contributed by atoms with Gasteiger partial charge < -0.3 is 25.6 Å². The molecule has 2 aromatic carbocycles. The van der Waals surface area contributed by atoms with E-state index in [1.54, 1.807) is 0 Å². The Balaban J connectivity index is 1.37. The van der Waals surface area contributed by atoms with E-state index >= 15 is 0 Å². The van der Waals surface area contributed by atoms with E-state index in [-0.39, 0.29) is 12.5 Å². The maximum absolute atomic E-state index is 12.6. The smallest absolute Gasteiger partial charge is 0.407 e. The number of rotatable bonds is 7. The molecule has 2 amide bonds. The molecule has 1 saturated carbocycles. The van der Waals surface area contributed by atoms with Gasteiger partial charge in [0, 0.05) is 12.0 Å². The van der Waals surface area contributed by atoms with Gasteiger partial charge >= 0.3 is 12.1 Å². The van der Waals surface area contributed by atoms with E-state index in [9.17, 15) is 24.6 Å². The number of fused-ring (bicyclic) bond motifs is 3. The number of carboxylic acids is 1. The van der Waals surface area contributed by atoms with Gasteiger partial charge in [-0.2, -0.15) is 0 Å². The Bertz CT molecular complexity index is 1010. The fourth-order valence-electron chi connectivity index (χ4n) is 4.89. The molecule has 0 spiro atoms. The number of carboxylic acid groups (broad SMARTS) is 1. The number of nitrogens with one attached hydrogen (secondary N) is 2. The van der Waals surface area contributed by atoms with Gasteiger partial charge in [0.2, 0.25) is 5.91 Å². The Labute approximate surface area is 192 Å². The number of carbonyl (C=O) groups is 3. The summed E-state index contributed by atoms with van der Waals surface area (Å²) in [5.41, 5.74) is 4.51. The van der Waals surface area contributed by atoms with Crippen LogP contribution in [0.2, 0.25) is 0 Å². The number of aliphatic carboxylic acids is 1. The number of benzene rings is 2. The summed E-state index contributed by atoms with van der Waals surface area (Å²) in [5, 5.41) is 24.0. The van der Waals surface area contributed by atoms with Crippen LogP contribution in [0.4, 0.5) is 4.79 Å². The molecular formula is C25H28N2O6. The normalized spacial score (nSPS) is 20.9. The highest BCUT2D eigenvalue weighted by Crippen LogP contribution is 2.44. The van der Waals surface area contributed by atoms with E-state index < -0.39 is 42.1 Å². The van der Waals surface area contributed by atoms with Gasteiger partial charge in [-0.25, -0.2) is 9.59 Å². The molecule has 0 heterocycles. The first-order valence-electron chi connectivity index (χ1n) is 11.2. The number of ether oxygens (including phenoxy) is 1. The topological polar surface area (TPSA) is 125 Å². The van der Waals surface area contributed by atoms with E-state index in [4.69, 9.17) is 4.74 Å². The van der Waals surface area contributed by atoms with Crippen LogP contribution in [0.25, 0.3) is 11.1 Å². The SMILES string of the molecule is C[C@@H](O)[C@H](NC(=O)[C@H]1CCC[C@H]1NC(=O)OCC1c2ccccc2-c2ccccc21)C(=O)O. The van der Waals surface area contributed by atoms with Crippen LogP contribution in [0, 0.1) is 5.92 Å². The third-order valence-corrected chi connectivity index (χ3v) is 6.55. The zero-order valence-electron chi connectivity index (χ0n) is 18.4. The number of hydrogen-bond acceptors (Lipinski definition) is 5. The lowest BCUT2D eigenvalue weighted by atomic mass is 9.98. The van der Waals surface area contributed by atoms with Crippen LogP contribution in [0.15, 0.2) is 48.5 Å². The third-order valence-electron chi connectivity index (χ3n) is 6.55. The molecule has 0 aromatic heterocycles. The van der Waals surface area contributed by atoms with Crippen molar-refractivity contribution in [1.29, 1.82) is 0 Å². The number of hydrogen-bond donors (Lipinski definition) is 4. The van der Waals surface area contributed by atoms with Crippen LogP contribution in [0.5, 0.6) is 0 Å². The Morgan fingerprint density at radius 3 is 2.21 bits per heavy atom. The molecule has 4 rings (SSSR count). The fourth-order valence-corrected chi connectivity index (χ4v) is 4.89. The van der Waals surface area contributed by atoms with Crippen molar-refractivity contribution in [1.82, 2.24) is 10.6 Å². The summed E-state index contributed by atoms with van der Waals surface area (Å²) in [6.07, 6.45) is -0.00640. The van der Waals surface area contributed by atoms with Crippen molar-refractivity contribution >= 4 is 18.0 Å². The molecule has 0 unspecified atom stereocenters. The Morgan fingerprint density at radius 2 is 1.64 bits per heavy atom. The molecule has 2 aromatic rings. The van der Waals surface area contributed by atoms with Crippen LogP contribution in [0.3, 0.4) is 0 Å². The summed E-state index contributed by atoms with van der Waals surface area (Å²) in [6.45, 7) is 1.48. The highest BCUT2D eigenvalue weighted by atomic mass is 16.5. The molecule has 2 aliphatic carbocycles. The van der Waals surface area contributed by atoms with Crippen molar-refractivity contribution in [3.8, 4) is 11.1 Å². The zero-order chi connectivity index (χ0) is 23.5. The number of carbonyl (C=O) groups excluding carboxylic acids is 2. The van der Waals surface area contributed by atoms with E-state index in [1.165, 1.54) is 6.92 Å². The van der Waals surface area contributed by atoms with Crippen LogP contribution >= 0.6 is 0 Å². The van der Waals surface area contributed by atoms with Crippen LogP contribution in [0.1, 0.15) is 43.2 Å². The van der Waals surface area contributed by atoms with Gasteiger partial charge in [0.25, 0.3) is 0 Å². The van der Waals surface area contributed by atoms with Crippen molar-refractivity contribution in [3.63, 3.8) is 0 Å². The Hall–Kier alpha value is -3.39. The quantitative estimate of drug-likeness (QED) is 0.512. The molecular weight excluding hydrogens is 424 g/mol. The summed E-state index contributed by atoms with van der Waals surface area (Å²) >= 11 is 0. The summed E-state index contributed by atoms with van der Waals surface area (Å²) in [6, 6.07) is 14.3. The minimum absolute atomic E-state index is 0.0619. The summed E-state index contributed by atoms with van der Waals surface area (Å²) in [7, 11) is 0. The minimum atomic E-state index is -1.40. The summed E-state index contributed by atoms with van der Waals surface area (Å²) in [4.78, 5) is 36.5. The van der Waals surface area contributed by atoms with E-state index in [2.05, 4.69) is 22.8 Å². The molecule has 0 radical (unpaired) electrons. The Kier molecular flexibility index (Phi) is 6.65. The van der Waals surface area contributed by atoms with E-state index in [0.29, 0.717) is 12.8 Å². The second kappa shape index (κ2) is 9.62. The second-order valence-electron chi connectivity index (χ2n) is 8.68. The van der Waals surface area contributed by atoms with Gasteiger partial charge in [-0.05, 0) is 42.0 Å². The van der Waals surface area contributed by atoms with Crippen LogP contribution < -0.4 is 10.6 Å². The predicted octanol–water partition coefficient (Wildman–Crippen LogP) is 2.64. The van der Waals surface area contributed by atoms with Gasteiger partial charge in [-0.3, -0.25) is 4.79 Å². The average Bonchev–Trinajstić information content (AvgIpc) is 3.38. The van der Waals surface area contributed by atoms with Gasteiger partial charge in [0.15, 0.2) is 6.04 Å². The molecule has 4 N–H and O–H groups in total. The maximum Gasteiger partial charge on any atom is 0.407 e. The fraction of sp³-hybridized carbons (Fsp3) is 0.400. The van der Waals surface area contributed by atoms with Crippen LogP contribution in [-0.4, -0.2) is 53.0 Å². The van der Waals surface area contributed by atoms with Gasteiger partial charge in [-0.15, -0.1) is 0 Å². The maximum atomic E-state index is 12.6. The molecule has 1 fully saturated rings. The minimum Gasteiger partial charge on any atom is -0.480 e. The van der Waals surface area contributed by atoms with Crippen molar-refractivity contribution in [2.75, 3.05) is 6.61 Å². The molecule has 4 atom stereocenters. The van der Waals surface area contributed by atoms with Crippen molar-refractivity contribution in [3.05, 3.63) is 59.7 Å². The van der Waals surface area contributed by atoms with Gasteiger partial charge in [-0.1, -0.05) is 55.0 Å². The number of amides is 2. The van der Waals surface area contributed by atoms with E-state index in [0.717, 1.165) is 28.7 Å². The average molecular weight is 453 g/mol. The van der Waals surface area contributed by atoms with Crippen molar-refractivity contribution in [2.24, 2.45) is 5.92 Å². The standard InChI is InChI=1S/C25H28N2O6/c1-14(28)22(24(30)31)27-23(29)19-11-6-12-21(19)26-25(32)33-13-20-17-9-4-2-7-15(17)16-8-3-5-10-18(16)20/h2-5,7-10,14,19-22,28H,6,11-13H2,1H3,(H,26,32)(H,27,29)(H,30,31)/t14-,19+,21-,22+/m1/s1. The molecule has 174 valence electrons. The molecule has 2 aliphatic rings. The van der Waals surface area contributed by atoms with E-state index in [1.807, 2.05) is 36.4 Å². The molecule has 0 bridgehead atoms. The molecule has 0 saturated heterocycles. The largest absolute Gasteiger partial charge is 0.480 e. The second-order valence-corrected chi connectivity index (χ2v) is 8.68. The third kappa shape index (κ3) is 4.71. The summed E-state index contributed by atoms with van der Waals surface area (Å²) < 4.78 is 5.57. The lowest BCUT2D eigenvalue weighted by molar-refractivity contribution is -0.145. The lowest BCUT2D eigenvalue weighted by Crippen LogP contribution is -2.52. The van der Waals surface area contributed by atoms with Gasteiger partial charge in [0.05, 0.1) is 12.0 Å². The van der Waals surface area contributed by atoms with Crippen molar-refractivity contribution in [2.45, 2.75) is 50.3 Å². The zero-order valence-corrected chi connectivity index (χ0v) is 18.4. The monoisotopic (exact) mass is 452 g/mol. The highest BCUT2D eigenvalue weighted by Gasteiger charge is 2.37. The molecule has 8 heteroatoms. The Morgan fingerprint density at radius 1 is 1.03 bits per heavy atom. The first-order valence-corrected chi connectivity index (χ1v) is 11.2. The molecule has 33 heavy (non-hydrogen) atoms. The first kappa shape index (κ1) is 22.8. The lowest BCUT2D eigenvalue weighted by Gasteiger charge is -2.24. The van der Waals surface area contributed by atoms with Crippen molar-refractivity contribution < 1.29 is 29.3 Å².